The number of methoxy groups -OCH3 is 1. The highest BCUT2D eigenvalue weighted by atomic mass is 32.2. The molecule has 0 spiro atoms. The molecule has 2 rings (SSSR count). The van der Waals surface area contributed by atoms with E-state index in [4.69, 9.17) is 10.5 Å². The zero-order valence-electron chi connectivity index (χ0n) is 14.6. The van der Waals surface area contributed by atoms with Crippen molar-refractivity contribution in [1.82, 2.24) is 10.3 Å². The van der Waals surface area contributed by atoms with Crippen LogP contribution in [0.25, 0.3) is 11.6 Å². The molecule has 0 saturated heterocycles. The molecule has 9 nitrogen and oxygen atoms in total. The minimum absolute atomic E-state index is 0.213. The summed E-state index contributed by atoms with van der Waals surface area (Å²) in [6, 6.07) is 10.5. The number of pyridine rings is 1. The van der Waals surface area contributed by atoms with Crippen LogP contribution in [0, 0.1) is 0 Å². The van der Waals surface area contributed by atoms with Crippen LogP contribution in [-0.2, 0) is 19.2 Å². The van der Waals surface area contributed by atoms with Gasteiger partial charge in [-0.1, -0.05) is 24.3 Å². The maximum absolute atomic E-state index is 12.7. The minimum Gasteiger partial charge on any atom is -0.496 e. The molecule has 0 aliphatic rings. The molecule has 1 amide bonds. The molecule has 1 aromatic carbocycles. The zero-order valence-corrected chi connectivity index (χ0v) is 15.4. The number of nitrogens with zero attached hydrogens (tertiary/aromatic N) is 2. The van der Waals surface area contributed by atoms with E-state index >= 15 is 0 Å². The summed E-state index contributed by atoms with van der Waals surface area (Å²) in [5.41, 5.74) is 6.88. The lowest BCUT2D eigenvalue weighted by Crippen LogP contribution is -2.37. The lowest BCUT2D eigenvalue weighted by Gasteiger charge is -2.10. The van der Waals surface area contributed by atoms with Gasteiger partial charge in [-0.25, -0.2) is 0 Å². The zero-order chi connectivity index (χ0) is 19.9. The summed E-state index contributed by atoms with van der Waals surface area (Å²) in [4.78, 5) is 16.7. The number of ether oxygens (including phenoxy) is 1. The Balaban J connectivity index is 2.39. The predicted octanol–water partition coefficient (Wildman–Crippen LogP) is 0.953. The SMILES string of the molecule is COc1ccccc1/C=C(/C(=O)NC(N)=NOS(C)(=O)=O)c1cccnc1. The van der Waals surface area contributed by atoms with Crippen LogP contribution >= 0.6 is 0 Å². The van der Waals surface area contributed by atoms with Gasteiger partial charge in [0.2, 0.25) is 5.96 Å². The summed E-state index contributed by atoms with van der Waals surface area (Å²) in [6.45, 7) is 0. The molecule has 1 heterocycles. The molecule has 142 valence electrons. The fourth-order valence-electron chi connectivity index (χ4n) is 2.06. The van der Waals surface area contributed by atoms with Gasteiger partial charge in [0.1, 0.15) is 5.75 Å². The number of aromatic nitrogens is 1. The van der Waals surface area contributed by atoms with Crippen LogP contribution in [0.2, 0.25) is 0 Å². The molecule has 10 heteroatoms. The molecular formula is C17H18N4O5S. The van der Waals surface area contributed by atoms with Gasteiger partial charge in [0.25, 0.3) is 5.91 Å². The molecule has 0 bridgehead atoms. The normalized spacial score (nSPS) is 12.4. The Morgan fingerprint density at radius 2 is 2.00 bits per heavy atom. The number of benzene rings is 1. The molecular weight excluding hydrogens is 372 g/mol. The first-order chi connectivity index (χ1) is 12.8. The van der Waals surface area contributed by atoms with E-state index in [1.807, 2.05) is 0 Å². The Morgan fingerprint density at radius 3 is 2.63 bits per heavy atom. The Hall–Kier alpha value is -3.40. The fourth-order valence-corrected chi connectivity index (χ4v) is 2.27. The molecule has 0 radical (unpaired) electrons. The summed E-state index contributed by atoms with van der Waals surface area (Å²) < 4.78 is 31.4. The Morgan fingerprint density at radius 1 is 1.26 bits per heavy atom. The van der Waals surface area contributed by atoms with E-state index in [1.54, 1.807) is 48.7 Å². The number of rotatable bonds is 6. The molecule has 3 N–H and O–H groups in total. The van der Waals surface area contributed by atoms with Gasteiger partial charge in [0.15, 0.2) is 0 Å². The van der Waals surface area contributed by atoms with Crippen molar-refractivity contribution < 1.29 is 22.2 Å². The summed E-state index contributed by atoms with van der Waals surface area (Å²) >= 11 is 0. The van der Waals surface area contributed by atoms with E-state index < -0.39 is 22.0 Å². The Labute approximate surface area is 156 Å². The van der Waals surface area contributed by atoms with Gasteiger partial charge in [0, 0.05) is 29.1 Å². The van der Waals surface area contributed by atoms with Crippen LogP contribution in [0.3, 0.4) is 0 Å². The summed E-state index contributed by atoms with van der Waals surface area (Å²) in [5.74, 6) is -0.582. The highest BCUT2D eigenvalue weighted by Crippen LogP contribution is 2.24. The van der Waals surface area contributed by atoms with Crippen LogP contribution in [0.1, 0.15) is 11.1 Å². The average molecular weight is 390 g/mol. The maximum atomic E-state index is 12.7. The van der Waals surface area contributed by atoms with Gasteiger partial charge in [-0.2, -0.15) is 8.42 Å². The summed E-state index contributed by atoms with van der Waals surface area (Å²) in [6.07, 6.45) is 5.46. The first-order valence-electron chi connectivity index (χ1n) is 7.58. The number of nitrogens with two attached hydrogens (primary N) is 1. The average Bonchev–Trinajstić information content (AvgIpc) is 2.64. The maximum Gasteiger partial charge on any atom is 0.325 e. The summed E-state index contributed by atoms with van der Waals surface area (Å²) in [5, 5.41) is 5.43. The van der Waals surface area contributed by atoms with Crippen LogP contribution in [0.4, 0.5) is 0 Å². The van der Waals surface area contributed by atoms with Crippen molar-refractivity contribution in [3.05, 3.63) is 59.9 Å². The largest absolute Gasteiger partial charge is 0.496 e. The van der Waals surface area contributed by atoms with Crippen LogP contribution < -0.4 is 15.8 Å². The second kappa shape index (κ2) is 8.81. The lowest BCUT2D eigenvalue weighted by atomic mass is 10.0. The van der Waals surface area contributed by atoms with Gasteiger partial charge in [-0.05, 0) is 23.4 Å². The van der Waals surface area contributed by atoms with Crippen molar-refractivity contribution in [3.63, 3.8) is 0 Å². The number of guanidine groups is 1. The van der Waals surface area contributed by atoms with E-state index in [1.165, 1.54) is 13.3 Å². The molecule has 27 heavy (non-hydrogen) atoms. The first kappa shape index (κ1) is 19.9. The van der Waals surface area contributed by atoms with E-state index in [2.05, 4.69) is 19.7 Å². The Kier molecular flexibility index (Phi) is 6.50. The van der Waals surface area contributed by atoms with Crippen molar-refractivity contribution in [2.24, 2.45) is 10.9 Å². The molecule has 0 saturated carbocycles. The second-order valence-corrected chi connectivity index (χ2v) is 6.81. The molecule has 1 aromatic heterocycles. The lowest BCUT2D eigenvalue weighted by molar-refractivity contribution is -0.114. The third-order valence-electron chi connectivity index (χ3n) is 3.17. The van der Waals surface area contributed by atoms with Gasteiger partial charge in [-0.3, -0.25) is 19.4 Å². The number of hydrogen-bond acceptors (Lipinski definition) is 7. The van der Waals surface area contributed by atoms with Crippen LogP contribution in [-0.4, -0.2) is 38.6 Å². The summed E-state index contributed by atoms with van der Waals surface area (Å²) in [7, 11) is -2.33. The van der Waals surface area contributed by atoms with Gasteiger partial charge in [-0.15, -0.1) is 0 Å². The number of carbonyl (C=O) groups excluding carboxylic acids is 1. The predicted molar refractivity (Wildman–Crippen MR) is 101 cm³/mol. The van der Waals surface area contributed by atoms with Crippen LogP contribution in [0.5, 0.6) is 5.75 Å². The van der Waals surface area contributed by atoms with E-state index in [9.17, 15) is 13.2 Å². The smallest absolute Gasteiger partial charge is 0.325 e. The van der Waals surface area contributed by atoms with Gasteiger partial charge >= 0.3 is 10.1 Å². The molecule has 0 atom stereocenters. The van der Waals surface area contributed by atoms with Crippen molar-refractivity contribution in [2.75, 3.05) is 13.4 Å². The highest BCUT2D eigenvalue weighted by Gasteiger charge is 2.15. The molecule has 0 aliphatic carbocycles. The molecule has 0 aliphatic heterocycles. The number of hydrogen-bond donors (Lipinski definition) is 2. The van der Waals surface area contributed by atoms with Gasteiger partial charge < -0.3 is 10.5 Å². The third kappa shape index (κ3) is 6.12. The van der Waals surface area contributed by atoms with Crippen molar-refractivity contribution in [1.29, 1.82) is 0 Å². The minimum atomic E-state index is -3.84. The monoisotopic (exact) mass is 390 g/mol. The van der Waals surface area contributed by atoms with E-state index in [0.717, 1.165) is 6.26 Å². The van der Waals surface area contributed by atoms with E-state index in [-0.39, 0.29) is 5.57 Å². The fraction of sp³-hybridized carbons (Fsp3) is 0.118. The number of para-hydroxylation sites is 1. The third-order valence-corrected chi connectivity index (χ3v) is 3.51. The van der Waals surface area contributed by atoms with E-state index in [0.29, 0.717) is 16.9 Å². The van der Waals surface area contributed by atoms with Crippen molar-refractivity contribution in [3.8, 4) is 5.75 Å². The van der Waals surface area contributed by atoms with Gasteiger partial charge in [0.05, 0.1) is 13.4 Å². The number of amides is 1. The molecule has 0 unspecified atom stereocenters. The topological polar surface area (TPSA) is 133 Å². The standard InChI is InChI=1S/C17H18N4O5S/c1-25-15-8-4-3-6-12(15)10-14(13-7-5-9-19-11-13)16(22)20-17(18)21-26-27(2,23)24/h3-11H,1-2H3,(H3,18,20,21,22)/b14-10+. The van der Waals surface area contributed by atoms with Crippen molar-refractivity contribution in [2.45, 2.75) is 0 Å². The van der Waals surface area contributed by atoms with Crippen molar-refractivity contribution >= 4 is 33.6 Å². The number of carbonyl (C=O) groups is 1. The molecule has 0 fully saturated rings. The second-order valence-electron chi connectivity index (χ2n) is 5.25. The first-order valence-corrected chi connectivity index (χ1v) is 9.40. The number of oxime groups is 1. The van der Waals surface area contributed by atoms with Crippen LogP contribution in [0.15, 0.2) is 53.9 Å². The molecule has 2 aromatic rings. The Bertz CT molecular complexity index is 972. The number of nitrogens with one attached hydrogen (secondary N) is 1. The quantitative estimate of drug-likeness (QED) is 0.325. The highest BCUT2D eigenvalue weighted by molar-refractivity contribution is 7.85.